The Kier molecular flexibility index (Phi) is 9.28. The van der Waals surface area contributed by atoms with Crippen LogP contribution in [0.3, 0.4) is 0 Å². The molecule has 146 valence electrons. The molecule has 0 radical (unpaired) electrons. The molecule has 0 bridgehead atoms. The molecule has 1 aliphatic heterocycles. The Bertz CT molecular complexity index is 514. The SMILES string of the molecule is CCNC(=NCCCN1CCN(c2ccccc2)CC1)NC(C)COC. The van der Waals surface area contributed by atoms with Gasteiger partial charge in [-0.3, -0.25) is 9.89 Å². The predicted octanol–water partition coefficient (Wildman–Crippen LogP) is 1.79. The van der Waals surface area contributed by atoms with Gasteiger partial charge in [0.05, 0.1) is 6.61 Å². The van der Waals surface area contributed by atoms with Gasteiger partial charge in [-0.1, -0.05) is 18.2 Å². The number of guanidine groups is 1. The lowest BCUT2D eigenvalue weighted by Crippen LogP contribution is -2.46. The monoisotopic (exact) mass is 361 g/mol. The van der Waals surface area contributed by atoms with Crippen LogP contribution in [0.15, 0.2) is 35.3 Å². The van der Waals surface area contributed by atoms with Gasteiger partial charge < -0.3 is 20.3 Å². The smallest absolute Gasteiger partial charge is 0.191 e. The summed E-state index contributed by atoms with van der Waals surface area (Å²) in [6, 6.07) is 11.0. The van der Waals surface area contributed by atoms with E-state index >= 15 is 0 Å². The molecular weight excluding hydrogens is 326 g/mol. The maximum atomic E-state index is 5.17. The largest absolute Gasteiger partial charge is 0.383 e. The molecule has 0 spiro atoms. The molecule has 1 aromatic carbocycles. The van der Waals surface area contributed by atoms with Gasteiger partial charge in [-0.05, 0) is 32.4 Å². The first-order chi connectivity index (χ1) is 12.7. The summed E-state index contributed by atoms with van der Waals surface area (Å²) in [5.74, 6) is 0.881. The van der Waals surface area contributed by atoms with E-state index in [4.69, 9.17) is 4.74 Å². The number of aliphatic imine (C=N–C) groups is 1. The van der Waals surface area contributed by atoms with Crippen LogP contribution in [0.1, 0.15) is 20.3 Å². The molecule has 1 aromatic rings. The van der Waals surface area contributed by atoms with E-state index in [1.54, 1.807) is 7.11 Å². The molecule has 0 aliphatic carbocycles. The maximum Gasteiger partial charge on any atom is 0.191 e. The van der Waals surface area contributed by atoms with Crippen molar-refractivity contribution >= 4 is 11.6 Å². The van der Waals surface area contributed by atoms with Gasteiger partial charge >= 0.3 is 0 Å². The highest BCUT2D eigenvalue weighted by Crippen LogP contribution is 2.15. The van der Waals surface area contributed by atoms with Crippen molar-refractivity contribution < 1.29 is 4.74 Å². The minimum Gasteiger partial charge on any atom is -0.383 e. The zero-order valence-electron chi connectivity index (χ0n) is 16.6. The van der Waals surface area contributed by atoms with Crippen LogP contribution >= 0.6 is 0 Å². The normalized spacial score (nSPS) is 17.2. The van der Waals surface area contributed by atoms with Crippen LogP contribution in [0.5, 0.6) is 0 Å². The second kappa shape index (κ2) is 11.8. The second-order valence-corrected chi connectivity index (χ2v) is 6.78. The first kappa shape index (κ1) is 20.5. The Hall–Kier alpha value is -1.79. The van der Waals surface area contributed by atoms with Crippen molar-refractivity contribution in [1.29, 1.82) is 0 Å². The number of hydrogen-bond donors (Lipinski definition) is 2. The van der Waals surface area contributed by atoms with Crippen molar-refractivity contribution in [2.45, 2.75) is 26.3 Å². The van der Waals surface area contributed by atoms with E-state index in [-0.39, 0.29) is 6.04 Å². The molecule has 1 atom stereocenters. The van der Waals surface area contributed by atoms with Gasteiger partial charge in [-0.2, -0.15) is 0 Å². The van der Waals surface area contributed by atoms with Gasteiger partial charge in [-0.25, -0.2) is 0 Å². The van der Waals surface area contributed by atoms with Gasteiger partial charge in [0.2, 0.25) is 0 Å². The van der Waals surface area contributed by atoms with Crippen molar-refractivity contribution in [3.05, 3.63) is 30.3 Å². The van der Waals surface area contributed by atoms with E-state index in [9.17, 15) is 0 Å². The number of nitrogens with zero attached hydrogens (tertiary/aromatic N) is 3. The first-order valence-electron chi connectivity index (χ1n) is 9.79. The molecule has 2 rings (SSSR count). The van der Waals surface area contributed by atoms with Gasteiger partial charge in [0, 0.05) is 64.7 Å². The van der Waals surface area contributed by atoms with Crippen molar-refractivity contribution in [2.24, 2.45) is 4.99 Å². The van der Waals surface area contributed by atoms with Gasteiger partial charge in [0.25, 0.3) is 0 Å². The quantitative estimate of drug-likeness (QED) is 0.399. The minimum absolute atomic E-state index is 0.254. The van der Waals surface area contributed by atoms with Crippen LogP contribution in [0.25, 0.3) is 0 Å². The fraction of sp³-hybridized carbons (Fsp3) is 0.650. The lowest BCUT2D eigenvalue weighted by atomic mass is 10.2. The number of anilines is 1. The Balaban J connectivity index is 1.67. The summed E-state index contributed by atoms with van der Waals surface area (Å²) < 4.78 is 5.17. The van der Waals surface area contributed by atoms with E-state index in [0.29, 0.717) is 6.61 Å². The zero-order valence-corrected chi connectivity index (χ0v) is 16.6. The standard InChI is InChI=1S/C20H35N5O/c1-4-21-20(23-18(2)17-26-3)22-11-8-12-24-13-15-25(16-14-24)19-9-6-5-7-10-19/h5-7,9-10,18H,4,8,11-17H2,1-3H3,(H2,21,22,23). The third-order valence-electron chi connectivity index (χ3n) is 4.54. The lowest BCUT2D eigenvalue weighted by Gasteiger charge is -2.36. The zero-order chi connectivity index (χ0) is 18.6. The summed E-state index contributed by atoms with van der Waals surface area (Å²) in [6.07, 6.45) is 1.08. The molecule has 0 saturated carbocycles. The molecule has 0 aromatic heterocycles. The summed E-state index contributed by atoms with van der Waals surface area (Å²) in [5, 5.41) is 6.67. The van der Waals surface area contributed by atoms with E-state index in [1.165, 1.54) is 5.69 Å². The third-order valence-corrected chi connectivity index (χ3v) is 4.54. The molecule has 1 saturated heterocycles. The van der Waals surface area contributed by atoms with E-state index < -0.39 is 0 Å². The summed E-state index contributed by atoms with van der Waals surface area (Å²) in [5.41, 5.74) is 1.34. The Labute approximate surface area is 158 Å². The number of methoxy groups -OCH3 is 1. The number of benzene rings is 1. The highest BCUT2D eigenvalue weighted by Gasteiger charge is 2.16. The first-order valence-corrected chi connectivity index (χ1v) is 9.79. The molecule has 1 heterocycles. The number of rotatable bonds is 9. The van der Waals surface area contributed by atoms with Crippen molar-refractivity contribution in [3.63, 3.8) is 0 Å². The van der Waals surface area contributed by atoms with Crippen LogP contribution in [0.4, 0.5) is 5.69 Å². The number of ether oxygens (including phenoxy) is 1. The minimum atomic E-state index is 0.254. The molecule has 1 fully saturated rings. The van der Waals surface area contributed by atoms with Gasteiger partial charge in [-0.15, -0.1) is 0 Å². The maximum absolute atomic E-state index is 5.17. The lowest BCUT2D eigenvalue weighted by molar-refractivity contribution is 0.179. The van der Waals surface area contributed by atoms with Crippen molar-refractivity contribution in [3.8, 4) is 0 Å². The summed E-state index contributed by atoms with van der Waals surface area (Å²) >= 11 is 0. The van der Waals surface area contributed by atoms with E-state index in [1.807, 2.05) is 0 Å². The van der Waals surface area contributed by atoms with Crippen LogP contribution in [-0.4, -0.2) is 76.4 Å². The molecule has 1 aliphatic rings. The van der Waals surface area contributed by atoms with Crippen LogP contribution < -0.4 is 15.5 Å². The molecule has 2 N–H and O–H groups in total. The van der Waals surface area contributed by atoms with E-state index in [2.05, 4.69) is 69.6 Å². The summed E-state index contributed by atoms with van der Waals surface area (Å²) in [6.45, 7) is 12.1. The molecule has 0 amide bonds. The summed E-state index contributed by atoms with van der Waals surface area (Å²) in [7, 11) is 1.72. The topological polar surface area (TPSA) is 52.1 Å². The van der Waals surface area contributed by atoms with Gasteiger partial charge in [0.15, 0.2) is 5.96 Å². The van der Waals surface area contributed by atoms with Crippen LogP contribution in [-0.2, 0) is 4.74 Å². The highest BCUT2D eigenvalue weighted by atomic mass is 16.5. The fourth-order valence-electron chi connectivity index (χ4n) is 3.20. The molecule has 6 nitrogen and oxygen atoms in total. The molecule has 26 heavy (non-hydrogen) atoms. The highest BCUT2D eigenvalue weighted by molar-refractivity contribution is 5.80. The molecule has 6 heteroatoms. The van der Waals surface area contributed by atoms with Crippen molar-refractivity contribution in [2.75, 3.05) is 64.4 Å². The van der Waals surface area contributed by atoms with Crippen molar-refractivity contribution in [1.82, 2.24) is 15.5 Å². The average molecular weight is 362 g/mol. The Morgan fingerprint density at radius 2 is 1.92 bits per heavy atom. The predicted molar refractivity (Wildman–Crippen MR) is 110 cm³/mol. The summed E-state index contributed by atoms with van der Waals surface area (Å²) in [4.78, 5) is 9.70. The average Bonchev–Trinajstić information content (AvgIpc) is 2.67. The number of piperazine rings is 1. The fourth-order valence-corrected chi connectivity index (χ4v) is 3.20. The number of hydrogen-bond acceptors (Lipinski definition) is 4. The Morgan fingerprint density at radius 1 is 1.19 bits per heavy atom. The Morgan fingerprint density at radius 3 is 2.58 bits per heavy atom. The molecular formula is C20H35N5O. The number of para-hydroxylation sites is 1. The van der Waals surface area contributed by atoms with Crippen LogP contribution in [0, 0.1) is 0 Å². The second-order valence-electron chi connectivity index (χ2n) is 6.78. The third kappa shape index (κ3) is 7.22. The number of nitrogens with one attached hydrogen (secondary N) is 2. The van der Waals surface area contributed by atoms with Crippen LogP contribution in [0.2, 0.25) is 0 Å². The molecule has 1 unspecified atom stereocenters. The van der Waals surface area contributed by atoms with Gasteiger partial charge in [0.1, 0.15) is 0 Å². The van der Waals surface area contributed by atoms with E-state index in [0.717, 1.165) is 58.2 Å².